The molecule has 0 fully saturated rings. The first kappa shape index (κ1) is 17.8. The summed E-state index contributed by atoms with van der Waals surface area (Å²) in [5.41, 5.74) is 8.16. The zero-order chi connectivity index (χ0) is 18.5. The molecule has 0 aliphatic rings. The fraction of sp³-hybridized carbons (Fsp3) is 0.263. The highest BCUT2D eigenvalue weighted by atomic mass is 16.5. The Balaban J connectivity index is 1.87. The lowest BCUT2D eigenvalue weighted by Gasteiger charge is -2.13. The van der Waals surface area contributed by atoms with Crippen LogP contribution in [0, 0.1) is 0 Å². The molecule has 3 N–H and O–H groups in total. The average molecular weight is 354 g/mol. The van der Waals surface area contributed by atoms with Crippen LogP contribution in [-0.2, 0) is 6.42 Å². The summed E-state index contributed by atoms with van der Waals surface area (Å²) in [5, 5.41) is 7.22. The van der Waals surface area contributed by atoms with E-state index in [1.54, 1.807) is 33.5 Å². The predicted molar refractivity (Wildman–Crippen MR) is 98.5 cm³/mol. The zero-order valence-corrected chi connectivity index (χ0v) is 15.0. The Morgan fingerprint density at radius 3 is 2.23 bits per heavy atom. The van der Waals surface area contributed by atoms with Crippen molar-refractivity contribution in [2.75, 3.05) is 21.3 Å². The largest absolute Gasteiger partial charge is 0.493 e. The van der Waals surface area contributed by atoms with Crippen LogP contribution in [0.25, 0.3) is 11.4 Å². The van der Waals surface area contributed by atoms with Crippen molar-refractivity contribution in [3.8, 4) is 28.6 Å². The van der Waals surface area contributed by atoms with E-state index in [4.69, 9.17) is 19.9 Å². The van der Waals surface area contributed by atoms with Gasteiger partial charge in [-0.25, -0.2) is 4.98 Å². The van der Waals surface area contributed by atoms with E-state index in [0.717, 1.165) is 11.1 Å². The highest BCUT2D eigenvalue weighted by Gasteiger charge is 2.18. The van der Waals surface area contributed by atoms with Crippen LogP contribution >= 0.6 is 0 Å². The maximum atomic E-state index is 6.27. The van der Waals surface area contributed by atoms with Crippen molar-refractivity contribution < 1.29 is 14.2 Å². The lowest BCUT2D eigenvalue weighted by molar-refractivity contribution is 0.324. The normalized spacial score (nSPS) is 11.8. The monoisotopic (exact) mass is 354 g/mol. The summed E-state index contributed by atoms with van der Waals surface area (Å²) in [6, 6.07) is 13.4. The second kappa shape index (κ2) is 7.88. The molecule has 0 aliphatic carbocycles. The summed E-state index contributed by atoms with van der Waals surface area (Å²) in [5.74, 6) is 2.75. The highest BCUT2D eigenvalue weighted by Crippen LogP contribution is 2.40. The van der Waals surface area contributed by atoms with Crippen LogP contribution < -0.4 is 19.9 Å². The number of nitrogens with one attached hydrogen (secondary N) is 1. The quantitative estimate of drug-likeness (QED) is 0.677. The van der Waals surface area contributed by atoms with Crippen molar-refractivity contribution in [2.24, 2.45) is 5.73 Å². The van der Waals surface area contributed by atoms with Crippen LogP contribution in [0.2, 0.25) is 0 Å². The molecule has 0 spiro atoms. The number of aromatic nitrogens is 3. The summed E-state index contributed by atoms with van der Waals surface area (Å²) in [7, 11) is 4.70. The van der Waals surface area contributed by atoms with E-state index in [1.807, 2.05) is 30.3 Å². The van der Waals surface area contributed by atoms with Gasteiger partial charge in [-0.3, -0.25) is 5.10 Å². The van der Waals surface area contributed by atoms with Gasteiger partial charge in [0, 0.05) is 5.56 Å². The minimum absolute atomic E-state index is 0.277. The fourth-order valence-electron chi connectivity index (χ4n) is 2.74. The Hall–Kier alpha value is -3.06. The van der Waals surface area contributed by atoms with Gasteiger partial charge in [0.15, 0.2) is 17.3 Å². The Kier molecular flexibility index (Phi) is 5.38. The molecule has 0 aliphatic heterocycles. The third-order valence-corrected chi connectivity index (χ3v) is 4.08. The van der Waals surface area contributed by atoms with Crippen LogP contribution in [0.4, 0.5) is 0 Å². The number of ether oxygens (including phenoxy) is 3. The van der Waals surface area contributed by atoms with E-state index in [-0.39, 0.29) is 6.04 Å². The number of hydrogen-bond donors (Lipinski definition) is 2. The molecule has 1 aromatic heterocycles. The molecule has 0 saturated carbocycles. The molecule has 0 radical (unpaired) electrons. The van der Waals surface area contributed by atoms with Crippen LogP contribution in [0.5, 0.6) is 17.2 Å². The minimum atomic E-state index is -0.277. The van der Waals surface area contributed by atoms with E-state index in [0.29, 0.717) is 35.3 Å². The molecule has 3 aromatic rings. The Labute approximate surface area is 152 Å². The molecule has 1 unspecified atom stereocenters. The van der Waals surface area contributed by atoms with E-state index in [9.17, 15) is 0 Å². The van der Waals surface area contributed by atoms with Crippen molar-refractivity contribution in [3.05, 3.63) is 53.9 Å². The summed E-state index contributed by atoms with van der Waals surface area (Å²) in [6.07, 6.45) is 0.671. The van der Waals surface area contributed by atoms with Gasteiger partial charge in [0.25, 0.3) is 0 Å². The molecule has 136 valence electrons. The van der Waals surface area contributed by atoms with Gasteiger partial charge in [0.05, 0.1) is 27.4 Å². The second-order valence-corrected chi connectivity index (χ2v) is 5.75. The van der Waals surface area contributed by atoms with E-state index in [1.165, 1.54) is 0 Å². The Morgan fingerprint density at radius 1 is 1.00 bits per heavy atom. The Morgan fingerprint density at radius 2 is 1.65 bits per heavy atom. The van der Waals surface area contributed by atoms with Crippen LogP contribution in [0.3, 0.4) is 0 Å². The average Bonchev–Trinajstić information content (AvgIpc) is 3.18. The van der Waals surface area contributed by atoms with Crippen molar-refractivity contribution in [1.82, 2.24) is 15.2 Å². The van der Waals surface area contributed by atoms with Gasteiger partial charge < -0.3 is 19.9 Å². The van der Waals surface area contributed by atoms with Crippen molar-refractivity contribution >= 4 is 0 Å². The second-order valence-electron chi connectivity index (χ2n) is 5.75. The summed E-state index contributed by atoms with van der Waals surface area (Å²) >= 11 is 0. The first-order valence-electron chi connectivity index (χ1n) is 8.18. The molecule has 0 saturated heterocycles. The number of aromatic amines is 1. The third kappa shape index (κ3) is 3.62. The summed E-state index contributed by atoms with van der Waals surface area (Å²) in [6.45, 7) is 0. The van der Waals surface area contributed by atoms with Gasteiger partial charge in [-0.05, 0) is 24.1 Å². The van der Waals surface area contributed by atoms with Crippen molar-refractivity contribution in [1.29, 1.82) is 0 Å². The van der Waals surface area contributed by atoms with Crippen molar-refractivity contribution in [2.45, 2.75) is 12.5 Å². The third-order valence-electron chi connectivity index (χ3n) is 4.08. The van der Waals surface area contributed by atoms with Gasteiger partial charge in [-0.2, -0.15) is 5.10 Å². The number of H-pyrrole nitrogens is 1. The van der Waals surface area contributed by atoms with Crippen LogP contribution in [0.1, 0.15) is 17.4 Å². The SMILES string of the molecule is COc1cc(-c2n[nH]c(C(N)Cc3ccccc3)n2)cc(OC)c1OC. The molecule has 7 nitrogen and oxygen atoms in total. The number of methoxy groups -OCH3 is 3. The molecule has 0 amide bonds. The van der Waals surface area contributed by atoms with E-state index in [2.05, 4.69) is 15.2 Å². The number of nitrogens with zero attached hydrogens (tertiary/aromatic N) is 2. The summed E-state index contributed by atoms with van der Waals surface area (Å²) in [4.78, 5) is 4.54. The topological polar surface area (TPSA) is 95.3 Å². The standard InChI is InChI=1S/C19H22N4O3/c1-24-15-10-13(11-16(25-2)17(15)26-3)18-21-19(23-22-18)14(20)9-12-7-5-4-6-8-12/h4-8,10-11,14H,9,20H2,1-3H3,(H,21,22,23). The van der Waals surface area contributed by atoms with E-state index < -0.39 is 0 Å². The Bertz CT molecular complexity index is 839. The number of nitrogens with two attached hydrogens (primary N) is 1. The van der Waals surface area contributed by atoms with Gasteiger partial charge in [0.2, 0.25) is 5.75 Å². The molecule has 1 heterocycles. The van der Waals surface area contributed by atoms with Gasteiger partial charge in [-0.1, -0.05) is 30.3 Å². The fourth-order valence-corrected chi connectivity index (χ4v) is 2.74. The molecular weight excluding hydrogens is 332 g/mol. The maximum absolute atomic E-state index is 6.27. The summed E-state index contributed by atoms with van der Waals surface area (Å²) < 4.78 is 16.1. The number of rotatable bonds is 7. The first-order chi connectivity index (χ1) is 12.7. The van der Waals surface area contributed by atoms with Gasteiger partial charge in [0.1, 0.15) is 5.82 Å². The smallest absolute Gasteiger partial charge is 0.203 e. The van der Waals surface area contributed by atoms with Crippen LogP contribution in [0.15, 0.2) is 42.5 Å². The predicted octanol–water partition coefficient (Wildman–Crippen LogP) is 2.74. The number of benzene rings is 2. The molecule has 1 atom stereocenters. The molecule has 0 bridgehead atoms. The van der Waals surface area contributed by atoms with Crippen LogP contribution in [-0.4, -0.2) is 36.5 Å². The molecule has 26 heavy (non-hydrogen) atoms. The molecular formula is C19H22N4O3. The number of hydrogen-bond acceptors (Lipinski definition) is 6. The molecule has 3 rings (SSSR count). The highest BCUT2D eigenvalue weighted by molar-refractivity contribution is 5.66. The lowest BCUT2D eigenvalue weighted by Crippen LogP contribution is -2.15. The molecule has 7 heteroatoms. The van der Waals surface area contributed by atoms with Gasteiger partial charge in [-0.15, -0.1) is 0 Å². The minimum Gasteiger partial charge on any atom is -0.493 e. The van der Waals surface area contributed by atoms with Crippen molar-refractivity contribution in [3.63, 3.8) is 0 Å². The van der Waals surface area contributed by atoms with Gasteiger partial charge >= 0.3 is 0 Å². The lowest BCUT2D eigenvalue weighted by atomic mass is 10.1. The first-order valence-corrected chi connectivity index (χ1v) is 8.18. The zero-order valence-electron chi connectivity index (χ0n) is 15.0. The molecule has 2 aromatic carbocycles. The maximum Gasteiger partial charge on any atom is 0.203 e. The van der Waals surface area contributed by atoms with E-state index >= 15 is 0 Å².